The third-order valence-electron chi connectivity index (χ3n) is 3.89. The molecule has 2 aromatic rings. The van der Waals surface area contributed by atoms with Crippen molar-refractivity contribution in [2.24, 2.45) is 0 Å². The predicted octanol–water partition coefficient (Wildman–Crippen LogP) is 2.71. The van der Waals surface area contributed by atoms with E-state index in [-0.39, 0.29) is 17.4 Å². The first-order valence-electron chi connectivity index (χ1n) is 7.86. The number of nitrogens with one attached hydrogen (secondary N) is 1. The van der Waals surface area contributed by atoms with Crippen molar-refractivity contribution in [2.45, 2.75) is 45.4 Å². The van der Waals surface area contributed by atoms with Gasteiger partial charge in [-0.3, -0.25) is 4.79 Å². The van der Waals surface area contributed by atoms with Crippen molar-refractivity contribution in [3.05, 3.63) is 41.5 Å². The minimum atomic E-state index is -2.98. The highest BCUT2D eigenvalue weighted by Crippen LogP contribution is 2.25. The molecular weight excluding hydrogens is 318 g/mol. The summed E-state index contributed by atoms with van der Waals surface area (Å²) < 4.78 is 31.2. The van der Waals surface area contributed by atoms with Crippen LogP contribution in [0.4, 0.5) is 8.78 Å². The van der Waals surface area contributed by atoms with Crippen LogP contribution in [0, 0.1) is 0 Å². The summed E-state index contributed by atoms with van der Waals surface area (Å²) in [5, 5.41) is 7.24. The molecular formula is C16H18F2N4O2. The fourth-order valence-electron chi connectivity index (χ4n) is 2.77. The number of benzene rings is 1. The standard InChI is InChI=1S/C16H18F2N4O2/c1-2-13-20-14-11(7-5-9-22(14)21-13)19-15(23)10-6-3-4-8-12(10)24-16(17)18/h3-4,6,8,11,16H,2,5,7,9H2,1H3,(H,19,23). The number of fused-ring (bicyclic) bond motifs is 1. The number of para-hydroxylation sites is 1. The molecule has 1 aliphatic rings. The topological polar surface area (TPSA) is 69.0 Å². The Bertz CT molecular complexity index is 733. The Kier molecular flexibility index (Phi) is 4.73. The van der Waals surface area contributed by atoms with Gasteiger partial charge < -0.3 is 10.1 Å². The van der Waals surface area contributed by atoms with E-state index in [1.165, 1.54) is 12.1 Å². The Labute approximate surface area is 137 Å². The Morgan fingerprint density at radius 2 is 2.25 bits per heavy atom. The van der Waals surface area contributed by atoms with Crippen LogP contribution in [0.15, 0.2) is 24.3 Å². The number of halogens is 2. The Morgan fingerprint density at radius 3 is 3.00 bits per heavy atom. The van der Waals surface area contributed by atoms with E-state index in [0.29, 0.717) is 12.2 Å². The minimum absolute atomic E-state index is 0.0742. The molecule has 2 heterocycles. The van der Waals surface area contributed by atoms with Crippen LogP contribution in [0.5, 0.6) is 5.75 Å². The molecule has 0 saturated carbocycles. The second-order valence-corrected chi connectivity index (χ2v) is 5.51. The smallest absolute Gasteiger partial charge is 0.387 e. The highest BCUT2D eigenvalue weighted by atomic mass is 19.3. The molecule has 1 unspecified atom stereocenters. The van der Waals surface area contributed by atoms with E-state index < -0.39 is 12.5 Å². The van der Waals surface area contributed by atoms with Crippen molar-refractivity contribution in [1.82, 2.24) is 20.1 Å². The van der Waals surface area contributed by atoms with Gasteiger partial charge in [-0.2, -0.15) is 13.9 Å². The van der Waals surface area contributed by atoms with Gasteiger partial charge in [-0.15, -0.1) is 0 Å². The van der Waals surface area contributed by atoms with Gasteiger partial charge in [0.05, 0.1) is 11.6 Å². The van der Waals surface area contributed by atoms with E-state index in [2.05, 4.69) is 20.1 Å². The molecule has 3 rings (SSSR count). The average Bonchev–Trinajstić information content (AvgIpc) is 2.99. The molecule has 8 heteroatoms. The molecule has 1 aliphatic heterocycles. The summed E-state index contributed by atoms with van der Waals surface area (Å²) in [5.41, 5.74) is 0.0742. The number of ether oxygens (including phenoxy) is 1. The summed E-state index contributed by atoms with van der Waals surface area (Å²) in [6.07, 6.45) is 2.30. The van der Waals surface area contributed by atoms with Crippen LogP contribution in [0.2, 0.25) is 0 Å². The normalized spacial score (nSPS) is 16.8. The van der Waals surface area contributed by atoms with Crippen LogP contribution in [-0.2, 0) is 13.0 Å². The molecule has 1 amide bonds. The maximum absolute atomic E-state index is 12.5. The van der Waals surface area contributed by atoms with Crippen LogP contribution < -0.4 is 10.1 Å². The van der Waals surface area contributed by atoms with E-state index >= 15 is 0 Å². The fourth-order valence-corrected chi connectivity index (χ4v) is 2.77. The molecule has 0 radical (unpaired) electrons. The van der Waals surface area contributed by atoms with Gasteiger partial charge in [0.1, 0.15) is 11.6 Å². The van der Waals surface area contributed by atoms with E-state index in [0.717, 1.165) is 25.2 Å². The molecule has 0 spiro atoms. The highest BCUT2D eigenvalue weighted by Gasteiger charge is 2.27. The molecule has 0 aliphatic carbocycles. The number of hydrogen-bond donors (Lipinski definition) is 1. The van der Waals surface area contributed by atoms with Crippen molar-refractivity contribution >= 4 is 5.91 Å². The third kappa shape index (κ3) is 3.37. The first-order chi connectivity index (χ1) is 11.6. The van der Waals surface area contributed by atoms with Crippen molar-refractivity contribution in [1.29, 1.82) is 0 Å². The summed E-state index contributed by atoms with van der Waals surface area (Å²) in [6.45, 7) is -0.254. The minimum Gasteiger partial charge on any atom is -0.434 e. The summed E-state index contributed by atoms with van der Waals surface area (Å²) in [7, 11) is 0. The molecule has 1 atom stereocenters. The Morgan fingerprint density at radius 1 is 1.46 bits per heavy atom. The van der Waals surface area contributed by atoms with Crippen LogP contribution >= 0.6 is 0 Å². The lowest BCUT2D eigenvalue weighted by Crippen LogP contribution is -2.33. The summed E-state index contributed by atoms with van der Waals surface area (Å²) in [6, 6.07) is 5.65. The second-order valence-electron chi connectivity index (χ2n) is 5.51. The van der Waals surface area contributed by atoms with E-state index in [1.807, 2.05) is 6.92 Å². The first-order valence-corrected chi connectivity index (χ1v) is 7.86. The third-order valence-corrected chi connectivity index (χ3v) is 3.89. The quantitative estimate of drug-likeness (QED) is 0.911. The molecule has 1 aromatic heterocycles. The summed E-state index contributed by atoms with van der Waals surface area (Å²) in [4.78, 5) is 17.0. The Hall–Kier alpha value is -2.51. The van der Waals surface area contributed by atoms with E-state index in [4.69, 9.17) is 0 Å². The number of rotatable bonds is 5. The molecule has 6 nitrogen and oxygen atoms in total. The number of nitrogens with zero attached hydrogens (tertiary/aromatic N) is 3. The number of hydrogen-bond acceptors (Lipinski definition) is 4. The Balaban J connectivity index is 1.80. The lowest BCUT2D eigenvalue weighted by molar-refractivity contribution is -0.0501. The van der Waals surface area contributed by atoms with E-state index in [1.54, 1.807) is 16.8 Å². The van der Waals surface area contributed by atoms with Gasteiger partial charge in [-0.1, -0.05) is 19.1 Å². The largest absolute Gasteiger partial charge is 0.434 e. The van der Waals surface area contributed by atoms with Gasteiger partial charge in [0.2, 0.25) is 0 Å². The van der Waals surface area contributed by atoms with Crippen LogP contribution in [0.1, 0.15) is 47.8 Å². The van der Waals surface area contributed by atoms with Crippen molar-refractivity contribution < 1.29 is 18.3 Å². The maximum Gasteiger partial charge on any atom is 0.387 e. The van der Waals surface area contributed by atoms with Crippen LogP contribution in [-0.4, -0.2) is 27.3 Å². The lowest BCUT2D eigenvalue weighted by Gasteiger charge is -2.23. The zero-order chi connectivity index (χ0) is 17.1. The van der Waals surface area contributed by atoms with Crippen molar-refractivity contribution in [3.8, 4) is 5.75 Å². The number of aryl methyl sites for hydroxylation is 2. The summed E-state index contributed by atoms with van der Waals surface area (Å²) in [5.74, 6) is 0.827. The molecule has 24 heavy (non-hydrogen) atoms. The first kappa shape index (κ1) is 16.4. The van der Waals surface area contributed by atoms with Crippen molar-refractivity contribution in [2.75, 3.05) is 0 Å². The van der Waals surface area contributed by atoms with Gasteiger partial charge in [0.25, 0.3) is 5.91 Å². The second kappa shape index (κ2) is 6.94. The summed E-state index contributed by atoms with van der Waals surface area (Å²) >= 11 is 0. The van der Waals surface area contributed by atoms with E-state index in [9.17, 15) is 13.6 Å². The zero-order valence-corrected chi connectivity index (χ0v) is 13.2. The number of amides is 1. The fraction of sp³-hybridized carbons (Fsp3) is 0.438. The maximum atomic E-state index is 12.5. The predicted molar refractivity (Wildman–Crippen MR) is 81.9 cm³/mol. The van der Waals surface area contributed by atoms with Crippen LogP contribution in [0.3, 0.4) is 0 Å². The van der Waals surface area contributed by atoms with Gasteiger partial charge in [0.15, 0.2) is 5.82 Å². The SMILES string of the molecule is CCc1nc2n(n1)CCCC2NC(=O)c1ccccc1OC(F)F. The number of carbonyl (C=O) groups excluding carboxylic acids is 1. The average molecular weight is 336 g/mol. The van der Waals surface area contributed by atoms with Gasteiger partial charge in [-0.25, -0.2) is 9.67 Å². The van der Waals surface area contributed by atoms with Crippen molar-refractivity contribution in [3.63, 3.8) is 0 Å². The number of aromatic nitrogens is 3. The van der Waals surface area contributed by atoms with Gasteiger partial charge in [-0.05, 0) is 25.0 Å². The molecule has 0 bridgehead atoms. The lowest BCUT2D eigenvalue weighted by atomic mass is 10.1. The molecule has 0 saturated heterocycles. The molecule has 128 valence electrons. The number of carbonyl (C=O) groups is 1. The molecule has 1 aromatic carbocycles. The van der Waals surface area contributed by atoms with Gasteiger partial charge in [0, 0.05) is 13.0 Å². The molecule has 1 N–H and O–H groups in total. The van der Waals surface area contributed by atoms with Gasteiger partial charge >= 0.3 is 6.61 Å². The number of alkyl halides is 2. The highest BCUT2D eigenvalue weighted by molar-refractivity contribution is 5.97. The monoisotopic (exact) mass is 336 g/mol. The van der Waals surface area contributed by atoms with Crippen LogP contribution in [0.25, 0.3) is 0 Å². The molecule has 0 fully saturated rings. The zero-order valence-electron chi connectivity index (χ0n) is 13.2.